The lowest BCUT2D eigenvalue weighted by molar-refractivity contribution is -0.141. The minimum atomic E-state index is -4.36. The van der Waals surface area contributed by atoms with Crippen LogP contribution in [-0.4, -0.2) is 34.5 Å². The lowest BCUT2D eigenvalue weighted by Crippen LogP contribution is -2.10. The van der Waals surface area contributed by atoms with Crippen molar-refractivity contribution in [3.63, 3.8) is 0 Å². The Bertz CT molecular complexity index is 2810. The van der Waals surface area contributed by atoms with Gasteiger partial charge in [-0.1, -0.05) is 58.8 Å². The smallest absolute Gasteiger partial charge is 0.416 e. The van der Waals surface area contributed by atoms with Crippen LogP contribution >= 0.6 is 22.7 Å². The number of carboxylic acids is 1. The van der Waals surface area contributed by atoms with E-state index in [9.17, 15) is 41.0 Å². The molecule has 10 nitrogen and oxygen atoms in total. The summed E-state index contributed by atoms with van der Waals surface area (Å²) in [5.74, 6) is -0.773. The van der Waals surface area contributed by atoms with E-state index >= 15 is 0 Å². The molecule has 18 heteroatoms. The zero-order chi connectivity index (χ0) is 47.6. The number of hydrogen-bond acceptors (Lipinski definition) is 11. The number of methoxy groups -OCH3 is 1. The van der Waals surface area contributed by atoms with E-state index in [2.05, 4.69) is 10.3 Å². The van der Waals surface area contributed by atoms with Crippen LogP contribution in [0.5, 0.6) is 11.5 Å². The summed E-state index contributed by atoms with van der Waals surface area (Å²) in [6, 6.07) is 35.4. The Morgan fingerprint density at radius 2 is 0.970 bits per heavy atom. The molecule has 0 aliphatic heterocycles. The van der Waals surface area contributed by atoms with Crippen LogP contribution in [0, 0.1) is 0 Å². The second kappa shape index (κ2) is 21.4. The van der Waals surface area contributed by atoms with E-state index in [1.165, 1.54) is 66.6 Å². The molecule has 2 atom stereocenters. The molecule has 8 rings (SSSR count). The number of carbonyl (C=O) groups is 2. The molecule has 67 heavy (non-hydrogen) atoms. The first-order valence-electron chi connectivity index (χ1n) is 20.2. The summed E-state index contributed by atoms with van der Waals surface area (Å²) in [6.45, 7) is 0.617. The van der Waals surface area contributed by atoms with Crippen molar-refractivity contribution < 1.29 is 64.3 Å². The highest BCUT2D eigenvalue weighted by molar-refractivity contribution is 7.15. The molecule has 0 aliphatic carbocycles. The number of ether oxygens (including phenoxy) is 3. The third-order valence-electron chi connectivity index (χ3n) is 10.3. The van der Waals surface area contributed by atoms with Crippen molar-refractivity contribution in [3.8, 4) is 32.4 Å². The highest BCUT2D eigenvalue weighted by Gasteiger charge is 2.31. The molecule has 1 N–H and O–H groups in total. The Morgan fingerprint density at radius 1 is 0.567 bits per heavy atom. The van der Waals surface area contributed by atoms with E-state index in [-0.39, 0.29) is 24.7 Å². The van der Waals surface area contributed by atoms with Gasteiger partial charge in [0.2, 0.25) is 0 Å². The van der Waals surface area contributed by atoms with Gasteiger partial charge in [-0.25, -0.2) is 0 Å². The lowest BCUT2D eigenvalue weighted by atomic mass is 9.92. The van der Waals surface area contributed by atoms with Crippen molar-refractivity contribution in [3.05, 3.63) is 189 Å². The number of nitrogens with zero attached hydrogens (tertiary/aromatic N) is 2. The topological polar surface area (TPSA) is 134 Å². The molecule has 0 saturated heterocycles. The van der Waals surface area contributed by atoms with E-state index in [1.54, 1.807) is 36.4 Å². The first-order chi connectivity index (χ1) is 32.1. The monoisotopic (exact) mass is 960 g/mol. The molecule has 0 saturated carbocycles. The number of carboxylic acid groups (broad SMARTS) is 1. The fourth-order valence-corrected chi connectivity index (χ4v) is 8.64. The zero-order valence-electron chi connectivity index (χ0n) is 35.1. The van der Waals surface area contributed by atoms with Crippen LogP contribution in [0.3, 0.4) is 0 Å². The first kappa shape index (κ1) is 47.8. The van der Waals surface area contributed by atoms with Gasteiger partial charge in [0.05, 0.1) is 42.5 Å². The van der Waals surface area contributed by atoms with Crippen molar-refractivity contribution >= 4 is 34.6 Å². The second-order valence-corrected chi connectivity index (χ2v) is 17.1. The van der Waals surface area contributed by atoms with Crippen LogP contribution in [0.4, 0.5) is 26.3 Å². The molecule has 0 radical (unpaired) electrons. The molecular weight excluding hydrogens is 923 g/mol. The minimum absolute atomic E-state index is 0.116. The number of thiophene rings is 2. The molecular formula is C49H38F6N2O8S2. The molecule has 4 aromatic carbocycles. The molecule has 0 aliphatic rings. The number of alkyl halides is 6. The number of benzene rings is 4. The van der Waals surface area contributed by atoms with Crippen molar-refractivity contribution in [1.82, 2.24) is 10.3 Å². The molecule has 8 aromatic rings. The Hall–Kier alpha value is -7.18. The van der Waals surface area contributed by atoms with Crippen molar-refractivity contribution in [2.75, 3.05) is 7.11 Å². The normalized spacial score (nSPS) is 12.4. The SMILES string of the molecule is COC(=O)C[C@@H](c1ccc(OCc2ccc(-c3ccc(C(F)(F)F)cc3)s2)cc1)c1ccon1.O=C(O)C[C@@H](c1ccc(OCc2ccc(-c3ccc(C(F)(F)F)cc3)s2)cc1)c1ccon1. The second-order valence-electron chi connectivity index (χ2n) is 14.7. The average molecular weight is 961 g/mol. The Balaban J connectivity index is 0.000000199. The number of esters is 1. The van der Waals surface area contributed by atoms with E-state index in [4.69, 9.17) is 23.3 Å². The Kier molecular flexibility index (Phi) is 15.3. The summed E-state index contributed by atoms with van der Waals surface area (Å²) in [5, 5.41) is 17.0. The molecule has 0 unspecified atom stereocenters. The molecule has 346 valence electrons. The molecule has 0 amide bonds. The summed E-state index contributed by atoms with van der Waals surface area (Å²) in [4.78, 5) is 26.6. The number of rotatable bonds is 16. The maximum atomic E-state index is 12.8. The largest absolute Gasteiger partial charge is 0.488 e. The number of carbonyl (C=O) groups excluding carboxylic acids is 1. The summed E-state index contributed by atoms with van der Waals surface area (Å²) >= 11 is 2.90. The predicted molar refractivity (Wildman–Crippen MR) is 237 cm³/mol. The Morgan fingerprint density at radius 3 is 1.31 bits per heavy atom. The van der Waals surface area contributed by atoms with Gasteiger partial charge in [-0.15, -0.1) is 22.7 Å². The molecule has 4 aromatic heterocycles. The van der Waals surface area contributed by atoms with Crippen LogP contribution in [0.2, 0.25) is 0 Å². The minimum Gasteiger partial charge on any atom is -0.488 e. The zero-order valence-corrected chi connectivity index (χ0v) is 36.8. The van der Waals surface area contributed by atoms with Gasteiger partial charge in [-0.05, 0) is 95.1 Å². The van der Waals surface area contributed by atoms with Crippen LogP contribution in [-0.2, 0) is 39.9 Å². The van der Waals surface area contributed by atoms with Gasteiger partial charge in [-0.3, -0.25) is 9.59 Å². The van der Waals surface area contributed by atoms with Gasteiger partial charge in [-0.2, -0.15) is 26.3 Å². The molecule has 4 heterocycles. The van der Waals surface area contributed by atoms with Gasteiger partial charge in [0.25, 0.3) is 0 Å². The molecule has 0 spiro atoms. The third kappa shape index (κ3) is 13.0. The van der Waals surface area contributed by atoms with E-state index in [1.807, 2.05) is 48.5 Å². The highest BCUT2D eigenvalue weighted by Crippen LogP contribution is 2.36. The van der Waals surface area contributed by atoms with Gasteiger partial charge in [0.1, 0.15) is 37.2 Å². The van der Waals surface area contributed by atoms with E-state index in [0.717, 1.165) is 60.5 Å². The third-order valence-corrected chi connectivity index (χ3v) is 12.5. The maximum absolute atomic E-state index is 12.8. The van der Waals surface area contributed by atoms with Gasteiger partial charge >= 0.3 is 24.3 Å². The predicted octanol–water partition coefficient (Wildman–Crippen LogP) is 13.3. The molecule has 0 fully saturated rings. The fourth-order valence-electron chi connectivity index (χ4n) is 6.78. The first-order valence-corrected chi connectivity index (χ1v) is 21.8. The lowest BCUT2D eigenvalue weighted by Gasteiger charge is -2.14. The summed E-state index contributed by atoms with van der Waals surface area (Å²) in [6.07, 6.45) is -5.83. The number of halogens is 6. The van der Waals surface area contributed by atoms with Gasteiger partial charge in [0, 0.05) is 43.5 Å². The van der Waals surface area contributed by atoms with Gasteiger partial charge < -0.3 is 28.4 Å². The fraction of sp³-hybridized carbons (Fsp3) is 0.184. The van der Waals surface area contributed by atoms with E-state index < -0.39 is 35.4 Å². The van der Waals surface area contributed by atoms with Crippen LogP contribution in [0.1, 0.15) is 68.1 Å². The summed E-state index contributed by atoms with van der Waals surface area (Å²) in [7, 11) is 1.34. The van der Waals surface area contributed by atoms with Crippen molar-refractivity contribution in [1.29, 1.82) is 0 Å². The number of aliphatic carboxylic acids is 1. The van der Waals surface area contributed by atoms with Gasteiger partial charge in [0.15, 0.2) is 0 Å². The van der Waals surface area contributed by atoms with Crippen molar-refractivity contribution in [2.24, 2.45) is 0 Å². The van der Waals surface area contributed by atoms with Crippen molar-refractivity contribution in [2.45, 2.75) is 50.2 Å². The molecule has 0 bridgehead atoms. The van der Waals surface area contributed by atoms with E-state index in [0.29, 0.717) is 41.7 Å². The summed E-state index contributed by atoms with van der Waals surface area (Å²) < 4.78 is 103. The highest BCUT2D eigenvalue weighted by atomic mass is 32.1. The van der Waals surface area contributed by atoms with Crippen LogP contribution in [0.15, 0.2) is 155 Å². The standard InChI is InChI=1S/C25H20F3NO4S.C24H18F3NO4S/c1-31-24(30)14-21(22-12-13-33-29-22)16-4-8-19(9-5-16)32-15-20-10-11-23(34-20)17-2-6-18(7-3-17)25(26,27)28;25-24(26,27)17-5-1-16(2-6-17)22-10-9-19(33-22)14-31-18-7-3-15(4-8-18)20(13-23(29)30)21-11-12-32-28-21/h2-13,21H,14-15H2,1H3;1-12,20H,13-14H2,(H,29,30)/t21-;20-/m00/s1. The van der Waals surface area contributed by atoms with Crippen LogP contribution < -0.4 is 9.47 Å². The Labute approximate surface area is 387 Å². The summed E-state index contributed by atoms with van der Waals surface area (Å²) in [5.41, 5.74) is 2.90. The number of aromatic nitrogens is 2. The van der Waals surface area contributed by atoms with Crippen LogP contribution in [0.25, 0.3) is 20.9 Å². The quantitative estimate of drug-likeness (QED) is 0.0737. The number of hydrogen-bond donors (Lipinski definition) is 1. The average Bonchev–Trinajstić information content (AvgIpc) is 4.18. The maximum Gasteiger partial charge on any atom is 0.416 e.